The molecule has 11 aromatic rings. The number of hydrogen-bond acceptors (Lipinski definition) is 3. The number of para-hydroxylation sites is 2. The quantitative estimate of drug-likeness (QED) is 0.163. The SMILES string of the molecule is CC(C)c1cccc2c1c1cc(-c3ccc(-c4cc(-c5ccccc5)nc(-c5ccccc5)n4)cc3)ccc1n2-c1ccc(-c2cccc3c2oc2ccccc23)cc1. The topological polar surface area (TPSA) is 43.9 Å². The van der Waals surface area contributed by atoms with Crippen molar-refractivity contribution >= 4 is 43.7 Å². The second-order valence-corrected chi connectivity index (χ2v) is 15.6. The molecule has 4 heteroatoms. The van der Waals surface area contributed by atoms with Crippen molar-refractivity contribution in [2.45, 2.75) is 19.8 Å². The first-order valence-corrected chi connectivity index (χ1v) is 20.3. The van der Waals surface area contributed by atoms with Gasteiger partial charge in [-0.05, 0) is 70.6 Å². The lowest BCUT2D eigenvalue weighted by Gasteiger charge is -2.11. The molecule has 11 rings (SSSR count). The lowest BCUT2D eigenvalue weighted by atomic mass is 9.95. The Morgan fingerprint density at radius 3 is 1.80 bits per heavy atom. The summed E-state index contributed by atoms with van der Waals surface area (Å²) >= 11 is 0. The molecule has 0 saturated carbocycles. The molecule has 0 amide bonds. The molecule has 0 aliphatic heterocycles. The van der Waals surface area contributed by atoms with Crippen LogP contribution in [0, 0.1) is 0 Å². The molecule has 0 radical (unpaired) electrons. The molecule has 280 valence electrons. The van der Waals surface area contributed by atoms with Crippen LogP contribution < -0.4 is 0 Å². The molecule has 0 atom stereocenters. The van der Waals surface area contributed by atoms with Gasteiger partial charge in [0, 0.05) is 49.5 Å². The molecular weight excluding hydrogens is 719 g/mol. The minimum atomic E-state index is 0.363. The first-order chi connectivity index (χ1) is 29.1. The largest absolute Gasteiger partial charge is 0.455 e. The Hall–Kier alpha value is -7.56. The third-order valence-corrected chi connectivity index (χ3v) is 11.6. The molecule has 8 aromatic carbocycles. The van der Waals surface area contributed by atoms with Crippen LogP contribution in [0.3, 0.4) is 0 Å². The van der Waals surface area contributed by atoms with Gasteiger partial charge < -0.3 is 8.98 Å². The van der Waals surface area contributed by atoms with E-state index in [2.05, 4.69) is 164 Å². The molecule has 0 saturated heterocycles. The maximum Gasteiger partial charge on any atom is 0.160 e. The minimum absolute atomic E-state index is 0.363. The molecule has 0 N–H and O–H groups in total. The summed E-state index contributed by atoms with van der Waals surface area (Å²) in [6.45, 7) is 4.57. The summed E-state index contributed by atoms with van der Waals surface area (Å²) in [4.78, 5) is 10.0. The molecule has 0 aliphatic carbocycles. The Balaban J connectivity index is 0.990. The zero-order valence-electron chi connectivity index (χ0n) is 32.8. The zero-order valence-corrected chi connectivity index (χ0v) is 32.8. The summed E-state index contributed by atoms with van der Waals surface area (Å²) < 4.78 is 8.82. The third kappa shape index (κ3) is 6.00. The highest BCUT2D eigenvalue weighted by molar-refractivity contribution is 6.13. The standard InChI is InChI=1S/C55H39N3O/c1-35(2)43-18-12-21-51-53(43)47-33-41(36-23-25-39(26-24-36)49-34-48(38-13-5-3-6-14-38)56-55(57-49)40-15-7-4-8-16-40)29-32-50(47)58(51)42-30-27-37(28-31-42)44-19-11-20-46-45-17-9-10-22-52(45)59-54(44)46/h3-35H,1-2H3. The van der Waals surface area contributed by atoms with Crippen LogP contribution in [0.25, 0.3) is 106 Å². The Morgan fingerprint density at radius 1 is 0.441 bits per heavy atom. The Morgan fingerprint density at radius 2 is 1.05 bits per heavy atom. The molecule has 0 bridgehead atoms. The number of nitrogens with zero attached hydrogens (tertiary/aromatic N) is 3. The lowest BCUT2D eigenvalue weighted by Crippen LogP contribution is -1.95. The molecule has 4 nitrogen and oxygen atoms in total. The van der Waals surface area contributed by atoms with Gasteiger partial charge in [0.2, 0.25) is 0 Å². The molecule has 3 heterocycles. The van der Waals surface area contributed by atoms with Crippen LogP contribution in [0.2, 0.25) is 0 Å². The van der Waals surface area contributed by atoms with Gasteiger partial charge in [-0.2, -0.15) is 0 Å². The Labute approximate surface area is 342 Å². The van der Waals surface area contributed by atoms with Gasteiger partial charge in [-0.3, -0.25) is 0 Å². The Bertz CT molecular complexity index is 3270. The van der Waals surface area contributed by atoms with Crippen LogP contribution in [0.15, 0.2) is 199 Å². The molecular formula is C55H39N3O. The second-order valence-electron chi connectivity index (χ2n) is 15.6. The molecule has 0 aliphatic rings. The predicted octanol–water partition coefficient (Wildman–Crippen LogP) is 14.9. The fourth-order valence-electron chi connectivity index (χ4n) is 8.70. The van der Waals surface area contributed by atoms with E-state index in [1.165, 1.54) is 32.9 Å². The van der Waals surface area contributed by atoms with Crippen molar-refractivity contribution in [3.05, 3.63) is 200 Å². The third-order valence-electron chi connectivity index (χ3n) is 11.6. The van der Waals surface area contributed by atoms with Crippen LogP contribution in [0.1, 0.15) is 25.3 Å². The highest BCUT2D eigenvalue weighted by Gasteiger charge is 2.19. The van der Waals surface area contributed by atoms with Crippen LogP contribution in [-0.2, 0) is 0 Å². The van der Waals surface area contributed by atoms with Gasteiger partial charge in [0.05, 0.1) is 22.4 Å². The van der Waals surface area contributed by atoms with Gasteiger partial charge >= 0.3 is 0 Å². The van der Waals surface area contributed by atoms with E-state index in [9.17, 15) is 0 Å². The van der Waals surface area contributed by atoms with E-state index >= 15 is 0 Å². The molecule has 0 spiro atoms. The number of benzene rings is 8. The Kier molecular flexibility index (Phi) is 8.30. The van der Waals surface area contributed by atoms with Gasteiger partial charge in [0.1, 0.15) is 11.2 Å². The number of aromatic nitrogens is 3. The van der Waals surface area contributed by atoms with Gasteiger partial charge in [0.25, 0.3) is 0 Å². The van der Waals surface area contributed by atoms with Crippen LogP contribution >= 0.6 is 0 Å². The van der Waals surface area contributed by atoms with Gasteiger partial charge in [-0.25, -0.2) is 9.97 Å². The summed E-state index contributed by atoms with van der Waals surface area (Å²) in [5.41, 5.74) is 16.1. The maximum atomic E-state index is 6.40. The van der Waals surface area contributed by atoms with Crippen molar-refractivity contribution in [1.82, 2.24) is 14.5 Å². The van der Waals surface area contributed by atoms with Crippen LogP contribution in [-0.4, -0.2) is 14.5 Å². The van der Waals surface area contributed by atoms with Gasteiger partial charge in [-0.1, -0.05) is 166 Å². The summed E-state index contributed by atoms with van der Waals surface area (Å²) in [5, 5.41) is 4.83. The van der Waals surface area contributed by atoms with Gasteiger partial charge in [-0.15, -0.1) is 0 Å². The highest BCUT2D eigenvalue weighted by atomic mass is 16.3. The minimum Gasteiger partial charge on any atom is -0.455 e. The summed E-state index contributed by atoms with van der Waals surface area (Å²) in [7, 11) is 0. The van der Waals surface area contributed by atoms with Crippen molar-refractivity contribution in [1.29, 1.82) is 0 Å². The summed E-state index contributed by atoms with van der Waals surface area (Å²) in [5.74, 6) is 1.08. The van der Waals surface area contributed by atoms with E-state index in [0.29, 0.717) is 11.7 Å². The van der Waals surface area contributed by atoms with Crippen molar-refractivity contribution in [2.75, 3.05) is 0 Å². The second kappa shape index (κ2) is 14.1. The number of hydrogen-bond donors (Lipinski definition) is 0. The molecule has 0 unspecified atom stereocenters. The van der Waals surface area contributed by atoms with E-state index in [-0.39, 0.29) is 0 Å². The summed E-state index contributed by atoms with van der Waals surface area (Å²) in [6.07, 6.45) is 0. The van der Waals surface area contributed by atoms with Crippen LogP contribution in [0.4, 0.5) is 0 Å². The van der Waals surface area contributed by atoms with Crippen LogP contribution in [0.5, 0.6) is 0 Å². The van der Waals surface area contributed by atoms with E-state index in [1.807, 2.05) is 48.5 Å². The fraction of sp³-hybridized carbons (Fsp3) is 0.0545. The lowest BCUT2D eigenvalue weighted by molar-refractivity contribution is 0.670. The molecule has 59 heavy (non-hydrogen) atoms. The zero-order chi connectivity index (χ0) is 39.5. The van der Waals surface area contributed by atoms with Gasteiger partial charge in [0.15, 0.2) is 5.82 Å². The van der Waals surface area contributed by atoms with E-state index < -0.39 is 0 Å². The summed E-state index contributed by atoms with van der Waals surface area (Å²) in [6, 6.07) is 68.7. The average Bonchev–Trinajstić information content (AvgIpc) is 3.85. The average molecular weight is 758 g/mol. The maximum absolute atomic E-state index is 6.40. The fourth-order valence-corrected chi connectivity index (χ4v) is 8.70. The smallest absolute Gasteiger partial charge is 0.160 e. The first-order valence-electron chi connectivity index (χ1n) is 20.3. The number of furan rings is 1. The van der Waals surface area contributed by atoms with Crippen molar-refractivity contribution in [3.63, 3.8) is 0 Å². The number of rotatable bonds is 7. The first kappa shape index (κ1) is 34.7. The molecule has 0 fully saturated rings. The normalized spacial score (nSPS) is 11.7. The number of fused-ring (bicyclic) bond motifs is 6. The highest BCUT2D eigenvalue weighted by Crippen LogP contribution is 2.41. The van der Waals surface area contributed by atoms with E-state index in [0.717, 1.165) is 72.4 Å². The monoisotopic (exact) mass is 757 g/mol. The van der Waals surface area contributed by atoms with E-state index in [4.69, 9.17) is 14.4 Å². The van der Waals surface area contributed by atoms with Crippen molar-refractivity contribution in [3.8, 4) is 61.8 Å². The van der Waals surface area contributed by atoms with Crippen molar-refractivity contribution < 1.29 is 4.42 Å². The van der Waals surface area contributed by atoms with Crippen molar-refractivity contribution in [2.24, 2.45) is 0 Å². The predicted molar refractivity (Wildman–Crippen MR) is 245 cm³/mol. The van der Waals surface area contributed by atoms with E-state index in [1.54, 1.807) is 0 Å². The molecule has 3 aromatic heterocycles.